The number of amides is 1. The maximum absolute atomic E-state index is 12.2. The summed E-state index contributed by atoms with van der Waals surface area (Å²) in [6.45, 7) is -1.16. The Morgan fingerprint density at radius 3 is 2.68 bits per heavy atom. The molecule has 1 unspecified atom stereocenters. The van der Waals surface area contributed by atoms with Gasteiger partial charge in [-0.3, -0.25) is 4.79 Å². The SMILES string of the molecule is CCC(CCO)NC(=O)c1ccccc1OC(F)F. The number of nitrogens with one attached hydrogen (secondary N) is 1. The quantitative estimate of drug-likeness (QED) is 0.800. The molecule has 1 atom stereocenters. The van der Waals surface area contributed by atoms with Gasteiger partial charge in [0.05, 0.1) is 5.56 Å². The Morgan fingerprint density at radius 1 is 1.42 bits per heavy atom. The fourth-order valence-electron chi connectivity index (χ4n) is 1.65. The molecule has 1 rings (SSSR count). The maximum Gasteiger partial charge on any atom is 0.387 e. The zero-order valence-electron chi connectivity index (χ0n) is 10.6. The number of halogens is 2. The van der Waals surface area contributed by atoms with Crippen LogP contribution in [0, 0.1) is 0 Å². The standard InChI is InChI=1S/C13H17F2NO3/c1-2-9(7-8-17)16-12(18)10-5-3-4-6-11(10)19-13(14)15/h3-6,9,13,17H,2,7-8H2,1H3,(H,16,18). The van der Waals surface area contributed by atoms with Gasteiger partial charge < -0.3 is 15.2 Å². The number of para-hydroxylation sites is 1. The first-order chi connectivity index (χ1) is 9.08. The van der Waals surface area contributed by atoms with Crippen molar-refractivity contribution in [1.82, 2.24) is 5.32 Å². The molecule has 0 aliphatic rings. The highest BCUT2D eigenvalue weighted by Gasteiger charge is 2.17. The Hall–Kier alpha value is -1.69. The summed E-state index contributed by atoms with van der Waals surface area (Å²) in [6, 6.07) is 5.61. The van der Waals surface area contributed by atoms with Crippen LogP contribution in [-0.4, -0.2) is 30.3 Å². The molecule has 106 valence electrons. The summed E-state index contributed by atoms with van der Waals surface area (Å²) in [5, 5.41) is 11.5. The van der Waals surface area contributed by atoms with Gasteiger partial charge in [-0.1, -0.05) is 19.1 Å². The Balaban J connectivity index is 2.81. The van der Waals surface area contributed by atoms with Crippen molar-refractivity contribution in [3.8, 4) is 5.75 Å². The Morgan fingerprint density at radius 2 is 2.11 bits per heavy atom. The molecule has 0 heterocycles. The lowest BCUT2D eigenvalue weighted by molar-refractivity contribution is -0.0501. The summed E-state index contributed by atoms with van der Waals surface area (Å²) >= 11 is 0. The topological polar surface area (TPSA) is 58.6 Å². The van der Waals surface area contributed by atoms with Gasteiger partial charge in [0, 0.05) is 12.6 Å². The molecule has 0 aliphatic carbocycles. The number of rotatable bonds is 7. The van der Waals surface area contributed by atoms with Gasteiger partial charge in [-0.25, -0.2) is 0 Å². The van der Waals surface area contributed by atoms with Gasteiger partial charge in [-0.05, 0) is 25.0 Å². The van der Waals surface area contributed by atoms with E-state index in [4.69, 9.17) is 5.11 Å². The molecule has 0 spiro atoms. The lowest BCUT2D eigenvalue weighted by Crippen LogP contribution is -2.35. The summed E-state index contributed by atoms with van der Waals surface area (Å²) in [5.41, 5.74) is 0.0548. The lowest BCUT2D eigenvalue weighted by Gasteiger charge is -2.17. The molecule has 4 nitrogen and oxygen atoms in total. The Bertz CT molecular complexity index is 413. The minimum atomic E-state index is -2.98. The van der Waals surface area contributed by atoms with Crippen LogP contribution in [0.15, 0.2) is 24.3 Å². The van der Waals surface area contributed by atoms with Gasteiger partial charge in [-0.15, -0.1) is 0 Å². The minimum absolute atomic E-state index is 0.0477. The van der Waals surface area contributed by atoms with Crippen LogP contribution in [0.4, 0.5) is 8.78 Å². The van der Waals surface area contributed by atoms with Crippen LogP contribution >= 0.6 is 0 Å². The molecule has 0 saturated heterocycles. The first-order valence-corrected chi connectivity index (χ1v) is 6.04. The van der Waals surface area contributed by atoms with Crippen molar-refractivity contribution in [2.75, 3.05) is 6.61 Å². The number of aliphatic hydroxyl groups is 1. The number of benzene rings is 1. The molecule has 19 heavy (non-hydrogen) atoms. The summed E-state index contributed by atoms with van der Waals surface area (Å²) in [7, 11) is 0. The van der Waals surface area contributed by atoms with Crippen molar-refractivity contribution in [2.24, 2.45) is 0 Å². The molecular weight excluding hydrogens is 256 g/mol. The monoisotopic (exact) mass is 273 g/mol. The van der Waals surface area contributed by atoms with E-state index < -0.39 is 12.5 Å². The van der Waals surface area contributed by atoms with Crippen LogP contribution in [-0.2, 0) is 0 Å². The average Bonchev–Trinajstić information content (AvgIpc) is 2.38. The number of aliphatic hydroxyl groups excluding tert-OH is 1. The maximum atomic E-state index is 12.2. The zero-order valence-corrected chi connectivity index (χ0v) is 10.6. The highest BCUT2D eigenvalue weighted by Crippen LogP contribution is 2.20. The minimum Gasteiger partial charge on any atom is -0.434 e. The van der Waals surface area contributed by atoms with Crippen LogP contribution in [0.3, 0.4) is 0 Å². The predicted octanol–water partition coefficient (Wildman–Crippen LogP) is 2.18. The fourth-order valence-corrected chi connectivity index (χ4v) is 1.65. The van der Waals surface area contributed by atoms with Crippen molar-refractivity contribution in [2.45, 2.75) is 32.4 Å². The summed E-state index contributed by atoms with van der Waals surface area (Å²) < 4.78 is 28.8. The van der Waals surface area contributed by atoms with Crippen molar-refractivity contribution in [1.29, 1.82) is 0 Å². The van der Waals surface area contributed by atoms with Crippen molar-refractivity contribution < 1.29 is 23.4 Å². The van der Waals surface area contributed by atoms with Crippen LogP contribution < -0.4 is 10.1 Å². The van der Waals surface area contributed by atoms with Crippen LogP contribution in [0.1, 0.15) is 30.1 Å². The van der Waals surface area contributed by atoms with Gasteiger partial charge in [0.15, 0.2) is 0 Å². The third kappa shape index (κ3) is 4.82. The molecule has 1 aromatic carbocycles. The number of carbonyl (C=O) groups is 1. The lowest BCUT2D eigenvalue weighted by atomic mass is 10.1. The van der Waals surface area contributed by atoms with E-state index in [1.54, 1.807) is 6.07 Å². The third-order valence-electron chi connectivity index (χ3n) is 2.65. The van der Waals surface area contributed by atoms with E-state index in [1.807, 2.05) is 6.92 Å². The first-order valence-electron chi connectivity index (χ1n) is 6.04. The van der Waals surface area contributed by atoms with Crippen molar-refractivity contribution in [3.63, 3.8) is 0 Å². The van der Waals surface area contributed by atoms with Crippen LogP contribution in [0.25, 0.3) is 0 Å². The van der Waals surface area contributed by atoms with Gasteiger partial charge in [0.1, 0.15) is 5.75 Å². The second kappa shape index (κ2) is 7.68. The van der Waals surface area contributed by atoms with Gasteiger partial charge >= 0.3 is 6.61 Å². The Labute approximate surface area is 110 Å². The molecule has 0 aromatic heterocycles. The van der Waals surface area contributed by atoms with E-state index in [1.165, 1.54) is 18.2 Å². The molecule has 1 amide bonds. The third-order valence-corrected chi connectivity index (χ3v) is 2.65. The molecule has 0 bridgehead atoms. The number of alkyl halides is 2. The Kier molecular flexibility index (Phi) is 6.21. The second-order valence-corrected chi connectivity index (χ2v) is 3.97. The highest BCUT2D eigenvalue weighted by molar-refractivity contribution is 5.97. The number of hydrogen-bond acceptors (Lipinski definition) is 3. The van der Waals surface area contributed by atoms with Crippen molar-refractivity contribution >= 4 is 5.91 Å². The molecule has 1 aromatic rings. The average molecular weight is 273 g/mol. The van der Waals surface area contributed by atoms with E-state index in [2.05, 4.69) is 10.1 Å². The first kappa shape index (κ1) is 15.4. The summed E-state index contributed by atoms with van der Waals surface area (Å²) in [6.07, 6.45) is 1.06. The second-order valence-electron chi connectivity index (χ2n) is 3.97. The highest BCUT2D eigenvalue weighted by atomic mass is 19.3. The summed E-state index contributed by atoms with van der Waals surface area (Å²) in [5.74, 6) is -0.648. The van der Waals surface area contributed by atoms with Crippen LogP contribution in [0.5, 0.6) is 5.75 Å². The van der Waals surface area contributed by atoms with E-state index in [-0.39, 0.29) is 24.0 Å². The number of hydrogen-bond donors (Lipinski definition) is 2. The molecular formula is C13H17F2NO3. The van der Waals surface area contributed by atoms with Gasteiger partial charge in [0.2, 0.25) is 0 Å². The van der Waals surface area contributed by atoms with E-state index in [0.717, 1.165) is 0 Å². The molecule has 2 N–H and O–H groups in total. The van der Waals surface area contributed by atoms with Crippen LogP contribution in [0.2, 0.25) is 0 Å². The fraction of sp³-hybridized carbons (Fsp3) is 0.462. The zero-order chi connectivity index (χ0) is 14.3. The summed E-state index contributed by atoms with van der Waals surface area (Å²) in [4.78, 5) is 12.0. The van der Waals surface area contributed by atoms with Gasteiger partial charge in [0.25, 0.3) is 5.91 Å². The number of ether oxygens (including phenoxy) is 1. The smallest absolute Gasteiger partial charge is 0.387 e. The normalized spacial score (nSPS) is 12.3. The van der Waals surface area contributed by atoms with E-state index >= 15 is 0 Å². The molecule has 0 aliphatic heterocycles. The van der Waals surface area contributed by atoms with E-state index in [0.29, 0.717) is 12.8 Å². The predicted molar refractivity (Wildman–Crippen MR) is 66.3 cm³/mol. The number of carbonyl (C=O) groups excluding carboxylic acids is 1. The largest absolute Gasteiger partial charge is 0.434 e. The molecule has 6 heteroatoms. The molecule has 0 fully saturated rings. The van der Waals surface area contributed by atoms with Gasteiger partial charge in [-0.2, -0.15) is 8.78 Å². The molecule has 0 radical (unpaired) electrons. The van der Waals surface area contributed by atoms with E-state index in [9.17, 15) is 13.6 Å². The molecule has 0 saturated carbocycles. The van der Waals surface area contributed by atoms with Crippen molar-refractivity contribution in [3.05, 3.63) is 29.8 Å².